The summed E-state index contributed by atoms with van der Waals surface area (Å²) in [7, 11) is 3.21. The van der Waals surface area contributed by atoms with E-state index in [1.165, 1.54) is 4.57 Å². The minimum atomic E-state index is -0.415. The summed E-state index contributed by atoms with van der Waals surface area (Å²) in [6.07, 6.45) is 0. The number of nitrogens with zero attached hydrogens (tertiary/aromatic N) is 1. The van der Waals surface area contributed by atoms with E-state index >= 15 is 0 Å². The number of ether oxygens (including phenoxy) is 1. The van der Waals surface area contributed by atoms with E-state index in [1.54, 1.807) is 45.3 Å². The van der Waals surface area contributed by atoms with Crippen molar-refractivity contribution >= 4 is 11.6 Å². The Morgan fingerprint density at radius 1 is 1.24 bits per heavy atom. The lowest BCUT2D eigenvalue weighted by atomic mass is 10.1. The Morgan fingerprint density at radius 3 is 2.62 bits per heavy atom. The molecule has 0 fully saturated rings. The highest BCUT2D eigenvalue weighted by atomic mass is 16.5. The van der Waals surface area contributed by atoms with E-state index in [-0.39, 0.29) is 11.1 Å². The molecule has 5 nitrogen and oxygen atoms in total. The van der Waals surface area contributed by atoms with Crippen LogP contribution in [0.5, 0.6) is 5.75 Å². The first-order valence-electron chi connectivity index (χ1n) is 6.56. The first-order valence-corrected chi connectivity index (χ1v) is 6.56. The lowest BCUT2D eigenvalue weighted by Crippen LogP contribution is -2.30. The maximum atomic E-state index is 12.4. The summed E-state index contributed by atoms with van der Waals surface area (Å²) in [4.78, 5) is 24.6. The van der Waals surface area contributed by atoms with Crippen LogP contribution in [0.2, 0.25) is 0 Å². The normalized spacial score (nSPS) is 10.3. The van der Waals surface area contributed by atoms with E-state index in [9.17, 15) is 9.59 Å². The van der Waals surface area contributed by atoms with Gasteiger partial charge in [-0.05, 0) is 37.6 Å². The van der Waals surface area contributed by atoms with Crippen LogP contribution >= 0.6 is 0 Å². The summed E-state index contributed by atoms with van der Waals surface area (Å²) in [6, 6.07) is 8.82. The van der Waals surface area contributed by atoms with Crippen molar-refractivity contribution in [2.75, 3.05) is 12.4 Å². The van der Waals surface area contributed by atoms with E-state index in [1.807, 2.05) is 13.0 Å². The van der Waals surface area contributed by atoms with Gasteiger partial charge in [0.05, 0.1) is 7.11 Å². The number of benzene rings is 1. The number of anilines is 1. The van der Waals surface area contributed by atoms with E-state index in [2.05, 4.69) is 5.32 Å². The molecular weight excluding hydrogens is 268 g/mol. The molecule has 0 saturated carbocycles. The van der Waals surface area contributed by atoms with E-state index in [0.717, 1.165) is 5.69 Å². The minimum absolute atomic E-state index is 0.158. The molecule has 0 aliphatic rings. The molecule has 1 aromatic heterocycles. The highest BCUT2D eigenvalue weighted by Gasteiger charge is 2.16. The van der Waals surface area contributed by atoms with Crippen molar-refractivity contribution in [2.24, 2.45) is 7.05 Å². The molecule has 0 aliphatic carbocycles. The number of hydrogen-bond donors (Lipinski definition) is 1. The number of pyridine rings is 1. The quantitative estimate of drug-likeness (QED) is 0.941. The van der Waals surface area contributed by atoms with E-state index < -0.39 is 5.91 Å². The summed E-state index contributed by atoms with van der Waals surface area (Å²) < 4.78 is 6.57. The fraction of sp³-hybridized carbons (Fsp3) is 0.250. The SMILES string of the molecule is COc1cccc(NC(=O)c2c(C)cc(C)n(C)c2=O)c1. The second kappa shape index (κ2) is 5.83. The van der Waals surface area contributed by atoms with Gasteiger partial charge in [-0.15, -0.1) is 0 Å². The van der Waals surface area contributed by atoms with Gasteiger partial charge in [0, 0.05) is 24.5 Å². The molecule has 21 heavy (non-hydrogen) atoms. The molecule has 0 aliphatic heterocycles. The minimum Gasteiger partial charge on any atom is -0.497 e. The molecule has 0 saturated heterocycles. The number of nitrogens with one attached hydrogen (secondary N) is 1. The molecule has 2 aromatic rings. The largest absolute Gasteiger partial charge is 0.497 e. The third-order valence-electron chi connectivity index (χ3n) is 3.42. The van der Waals surface area contributed by atoms with Crippen LogP contribution in [-0.4, -0.2) is 17.6 Å². The predicted octanol–water partition coefficient (Wildman–Crippen LogP) is 2.26. The van der Waals surface area contributed by atoms with Crippen molar-refractivity contribution < 1.29 is 9.53 Å². The van der Waals surface area contributed by atoms with Gasteiger partial charge in [0.25, 0.3) is 11.5 Å². The Hall–Kier alpha value is -2.56. The number of rotatable bonds is 3. The number of amides is 1. The molecule has 1 aromatic carbocycles. The zero-order chi connectivity index (χ0) is 15.6. The zero-order valence-electron chi connectivity index (χ0n) is 12.6. The Labute approximate surface area is 123 Å². The zero-order valence-corrected chi connectivity index (χ0v) is 12.6. The van der Waals surface area contributed by atoms with E-state index in [0.29, 0.717) is 17.0 Å². The molecule has 0 spiro atoms. The predicted molar refractivity (Wildman–Crippen MR) is 82.1 cm³/mol. The Kier molecular flexibility index (Phi) is 4.12. The second-order valence-electron chi connectivity index (χ2n) is 4.89. The van der Waals surface area contributed by atoms with Gasteiger partial charge in [-0.25, -0.2) is 0 Å². The van der Waals surface area contributed by atoms with Crippen LogP contribution in [-0.2, 0) is 7.05 Å². The standard InChI is InChI=1S/C16H18N2O3/c1-10-8-11(2)18(3)16(20)14(10)15(19)17-12-6-5-7-13(9-12)21-4/h5-9H,1-4H3,(H,17,19). The van der Waals surface area contributed by atoms with Crippen LogP contribution < -0.4 is 15.6 Å². The van der Waals surface area contributed by atoms with Gasteiger partial charge in [0.15, 0.2) is 0 Å². The van der Waals surface area contributed by atoms with Gasteiger partial charge in [-0.1, -0.05) is 6.07 Å². The lowest BCUT2D eigenvalue weighted by molar-refractivity contribution is 0.102. The van der Waals surface area contributed by atoms with Crippen molar-refractivity contribution in [2.45, 2.75) is 13.8 Å². The van der Waals surface area contributed by atoms with Crippen molar-refractivity contribution in [1.29, 1.82) is 0 Å². The summed E-state index contributed by atoms with van der Waals surface area (Å²) in [5.41, 5.74) is 1.92. The molecule has 1 amide bonds. The second-order valence-corrected chi connectivity index (χ2v) is 4.89. The third-order valence-corrected chi connectivity index (χ3v) is 3.42. The lowest BCUT2D eigenvalue weighted by Gasteiger charge is -2.11. The van der Waals surface area contributed by atoms with Gasteiger partial charge in [-0.2, -0.15) is 0 Å². The van der Waals surface area contributed by atoms with Crippen LogP contribution in [0.4, 0.5) is 5.69 Å². The molecule has 2 rings (SSSR count). The number of aromatic nitrogens is 1. The summed E-state index contributed by atoms with van der Waals surface area (Å²) >= 11 is 0. The smallest absolute Gasteiger partial charge is 0.263 e. The van der Waals surface area contributed by atoms with Crippen molar-refractivity contribution in [3.05, 3.63) is 57.5 Å². The fourth-order valence-corrected chi connectivity index (χ4v) is 2.15. The summed E-state index contributed by atoms with van der Waals surface area (Å²) in [5.74, 6) is 0.225. The molecule has 1 N–H and O–H groups in total. The Balaban J connectivity index is 2.37. The molecule has 0 atom stereocenters. The summed E-state index contributed by atoms with van der Waals surface area (Å²) in [6.45, 7) is 3.59. The Morgan fingerprint density at radius 2 is 1.95 bits per heavy atom. The highest BCUT2D eigenvalue weighted by molar-refractivity contribution is 6.05. The first-order chi connectivity index (χ1) is 9.93. The highest BCUT2D eigenvalue weighted by Crippen LogP contribution is 2.17. The average molecular weight is 286 g/mol. The van der Waals surface area contributed by atoms with Gasteiger partial charge in [0.2, 0.25) is 0 Å². The van der Waals surface area contributed by atoms with Crippen LogP contribution in [0, 0.1) is 13.8 Å². The van der Waals surface area contributed by atoms with Crippen LogP contribution in [0.3, 0.4) is 0 Å². The number of hydrogen-bond acceptors (Lipinski definition) is 3. The number of methoxy groups -OCH3 is 1. The molecule has 5 heteroatoms. The Bertz CT molecular complexity index is 748. The molecule has 0 unspecified atom stereocenters. The van der Waals surface area contributed by atoms with Gasteiger partial charge in [0.1, 0.15) is 11.3 Å². The van der Waals surface area contributed by atoms with E-state index in [4.69, 9.17) is 4.74 Å². The maximum absolute atomic E-state index is 12.4. The average Bonchev–Trinajstić information content (AvgIpc) is 2.45. The third kappa shape index (κ3) is 2.97. The van der Waals surface area contributed by atoms with Gasteiger partial charge < -0.3 is 14.6 Å². The molecule has 0 bridgehead atoms. The monoisotopic (exact) mass is 286 g/mol. The van der Waals surface area contributed by atoms with Crippen molar-refractivity contribution in [3.8, 4) is 5.75 Å². The van der Waals surface area contributed by atoms with Crippen LogP contribution in [0.15, 0.2) is 35.1 Å². The summed E-state index contributed by atoms with van der Waals surface area (Å²) in [5, 5.41) is 2.73. The molecule has 1 heterocycles. The maximum Gasteiger partial charge on any atom is 0.263 e. The molecular formula is C16H18N2O3. The van der Waals surface area contributed by atoms with Crippen LogP contribution in [0.25, 0.3) is 0 Å². The number of aryl methyl sites for hydroxylation is 2. The van der Waals surface area contributed by atoms with Crippen molar-refractivity contribution in [3.63, 3.8) is 0 Å². The fourth-order valence-electron chi connectivity index (χ4n) is 2.15. The molecule has 110 valence electrons. The van der Waals surface area contributed by atoms with Crippen LogP contribution in [0.1, 0.15) is 21.6 Å². The van der Waals surface area contributed by atoms with Crippen molar-refractivity contribution in [1.82, 2.24) is 4.57 Å². The van der Waals surface area contributed by atoms with Gasteiger partial charge in [-0.3, -0.25) is 9.59 Å². The topological polar surface area (TPSA) is 60.3 Å². The first kappa shape index (κ1) is 14.8. The van der Waals surface area contributed by atoms with Gasteiger partial charge >= 0.3 is 0 Å². The number of carbonyl (C=O) groups excluding carboxylic acids is 1. The molecule has 0 radical (unpaired) electrons. The number of carbonyl (C=O) groups is 1.